The topological polar surface area (TPSA) is 52.6 Å². The molecule has 4 nitrogen and oxygen atoms in total. The average Bonchev–Trinajstić information content (AvgIpc) is 2.24. The van der Waals surface area contributed by atoms with Gasteiger partial charge in [0.05, 0.1) is 12.1 Å². The van der Waals surface area contributed by atoms with E-state index in [2.05, 4.69) is 33.0 Å². The normalized spacial score (nSPS) is 20.1. The van der Waals surface area contributed by atoms with E-state index in [-0.39, 0.29) is 11.9 Å². The highest BCUT2D eigenvalue weighted by atomic mass is 16.3. The SMILES string of the molecule is CCCC1(O)CN(CC(=O)NC(C)CCC(C)C)C1. The van der Waals surface area contributed by atoms with Gasteiger partial charge in [-0.15, -0.1) is 0 Å². The standard InChI is InChI=1S/C15H30N2O2/c1-5-8-15(19)10-17(11-15)9-14(18)16-13(4)7-6-12(2)3/h12-13,19H,5-11H2,1-4H3,(H,16,18). The second-order valence-corrected chi connectivity index (χ2v) is 6.56. The van der Waals surface area contributed by atoms with Crippen molar-refractivity contribution < 1.29 is 9.90 Å². The van der Waals surface area contributed by atoms with E-state index >= 15 is 0 Å². The maximum Gasteiger partial charge on any atom is 0.234 e. The first-order chi connectivity index (χ1) is 8.84. The molecule has 1 aliphatic heterocycles. The number of amides is 1. The largest absolute Gasteiger partial charge is 0.387 e. The summed E-state index contributed by atoms with van der Waals surface area (Å²) in [6.07, 6.45) is 3.99. The molecule has 1 heterocycles. The lowest BCUT2D eigenvalue weighted by atomic mass is 9.89. The van der Waals surface area contributed by atoms with Crippen LogP contribution in [0.2, 0.25) is 0 Å². The molecule has 0 aromatic rings. The third kappa shape index (κ3) is 5.91. The summed E-state index contributed by atoms with van der Waals surface area (Å²) >= 11 is 0. The maximum atomic E-state index is 11.8. The Hall–Kier alpha value is -0.610. The third-order valence-electron chi connectivity index (χ3n) is 3.70. The van der Waals surface area contributed by atoms with Crippen molar-refractivity contribution in [2.24, 2.45) is 5.92 Å². The zero-order valence-electron chi connectivity index (χ0n) is 12.9. The number of carbonyl (C=O) groups is 1. The van der Waals surface area contributed by atoms with Crippen molar-refractivity contribution in [1.29, 1.82) is 0 Å². The molecule has 112 valence electrons. The number of nitrogens with one attached hydrogen (secondary N) is 1. The van der Waals surface area contributed by atoms with Gasteiger partial charge in [0.25, 0.3) is 0 Å². The first-order valence-corrected chi connectivity index (χ1v) is 7.58. The molecule has 1 saturated heterocycles. The number of hydrogen-bond acceptors (Lipinski definition) is 3. The number of carbonyl (C=O) groups excluding carboxylic acids is 1. The molecule has 0 aromatic heterocycles. The van der Waals surface area contributed by atoms with Gasteiger partial charge in [0.1, 0.15) is 0 Å². The summed E-state index contributed by atoms with van der Waals surface area (Å²) in [7, 11) is 0. The van der Waals surface area contributed by atoms with Crippen LogP contribution >= 0.6 is 0 Å². The first kappa shape index (κ1) is 16.4. The van der Waals surface area contributed by atoms with E-state index in [1.54, 1.807) is 0 Å². The first-order valence-electron chi connectivity index (χ1n) is 7.58. The van der Waals surface area contributed by atoms with Crippen molar-refractivity contribution in [2.75, 3.05) is 19.6 Å². The zero-order valence-corrected chi connectivity index (χ0v) is 12.9. The molecule has 2 N–H and O–H groups in total. The Kier molecular flexibility index (Phi) is 6.27. The van der Waals surface area contributed by atoms with Gasteiger partial charge in [0.15, 0.2) is 0 Å². The quantitative estimate of drug-likeness (QED) is 0.707. The molecule has 1 amide bonds. The fourth-order valence-corrected chi connectivity index (χ4v) is 2.70. The molecule has 4 heteroatoms. The van der Waals surface area contributed by atoms with E-state index in [9.17, 15) is 9.90 Å². The van der Waals surface area contributed by atoms with Crippen LogP contribution in [0.1, 0.15) is 53.4 Å². The molecule has 1 atom stereocenters. The molecule has 0 aliphatic carbocycles. The number of nitrogens with zero attached hydrogens (tertiary/aromatic N) is 1. The summed E-state index contributed by atoms with van der Waals surface area (Å²) in [6, 6.07) is 0.241. The van der Waals surface area contributed by atoms with E-state index < -0.39 is 5.60 Å². The van der Waals surface area contributed by atoms with Crippen LogP contribution in [0.5, 0.6) is 0 Å². The monoisotopic (exact) mass is 270 g/mol. The second-order valence-electron chi connectivity index (χ2n) is 6.56. The fourth-order valence-electron chi connectivity index (χ4n) is 2.70. The Morgan fingerprint density at radius 1 is 1.32 bits per heavy atom. The van der Waals surface area contributed by atoms with E-state index in [1.807, 2.05) is 4.90 Å². The van der Waals surface area contributed by atoms with Crippen molar-refractivity contribution in [2.45, 2.75) is 65.0 Å². The predicted molar refractivity (Wildman–Crippen MR) is 78.0 cm³/mol. The van der Waals surface area contributed by atoms with Gasteiger partial charge in [-0.05, 0) is 32.1 Å². The van der Waals surface area contributed by atoms with Crippen molar-refractivity contribution in [3.8, 4) is 0 Å². The molecular formula is C15H30N2O2. The minimum atomic E-state index is -0.543. The molecule has 1 unspecified atom stereocenters. The van der Waals surface area contributed by atoms with Crippen LogP contribution in [0.25, 0.3) is 0 Å². The van der Waals surface area contributed by atoms with Crippen molar-refractivity contribution >= 4 is 5.91 Å². The van der Waals surface area contributed by atoms with Gasteiger partial charge in [0, 0.05) is 19.1 Å². The molecule has 1 fully saturated rings. The Morgan fingerprint density at radius 3 is 2.47 bits per heavy atom. The molecule has 0 aromatic carbocycles. The second kappa shape index (κ2) is 7.25. The van der Waals surface area contributed by atoms with E-state index in [4.69, 9.17) is 0 Å². The molecule has 0 spiro atoms. The van der Waals surface area contributed by atoms with E-state index in [1.165, 1.54) is 0 Å². The van der Waals surface area contributed by atoms with Gasteiger partial charge in [-0.1, -0.05) is 27.2 Å². The van der Waals surface area contributed by atoms with Crippen molar-refractivity contribution in [3.05, 3.63) is 0 Å². The minimum Gasteiger partial charge on any atom is -0.387 e. The molecule has 0 bridgehead atoms. The lowest BCUT2D eigenvalue weighted by molar-refractivity contribution is -0.134. The van der Waals surface area contributed by atoms with Crippen LogP contribution in [-0.4, -0.2) is 47.2 Å². The van der Waals surface area contributed by atoms with Gasteiger partial charge >= 0.3 is 0 Å². The summed E-state index contributed by atoms with van der Waals surface area (Å²) in [6.45, 7) is 10.2. The number of aliphatic hydroxyl groups is 1. The van der Waals surface area contributed by atoms with Gasteiger partial charge in [-0.2, -0.15) is 0 Å². The molecule has 1 rings (SSSR count). The van der Waals surface area contributed by atoms with E-state index in [0.717, 1.165) is 25.7 Å². The maximum absolute atomic E-state index is 11.8. The van der Waals surface area contributed by atoms with Crippen LogP contribution < -0.4 is 5.32 Å². The molecule has 0 radical (unpaired) electrons. The van der Waals surface area contributed by atoms with Crippen molar-refractivity contribution in [1.82, 2.24) is 10.2 Å². The number of hydrogen-bond donors (Lipinski definition) is 2. The van der Waals surface area contributed by atoms with Crippen LogP contribution in [0.3, 0.4) is 0 Å². The number of rotatable bonds is 8. The average molecular weight is 270 g/mol. The molecule has 1 aliphatic rings. The Bertz CT molecular complexity index is 286. The molecule has 19 heavy (non-hydrogen) atoms. The van der Waals surface area contributed by atoms with Crippen LogP contribution in [-0.2, 0) is 4.79 Å². The van der Waals surface area contributed by atoms with Crippen LogP contribution in [0, 0.1) is 5.92 Å². The Balaban J connectivity index is 2.16. The lowest BCUT2D eigenvalue weighted by Gasteiger charge is -2.46. The summed E-state index contributed by atoms with van der Waals surface area (Å²) in [5.74, 6) is 0.758. The fraction of sp³-hybridized carbons (Fsp3) is 0.933. The van der Waals surface area contributed by atoms with Crippen LogP contribution in [0.4, 0.5) is 0 Å². The highest BCUT2D eigenvalue weighted by Crippen LogP contribution is 2.25. The summed E-state index contributed by atoms with van der Waals surface area (Å²) < 4.78 is 0. The highest BCUT2D eigenvalue weighted by Gasteiger charge is 2.40. The zero-order chi connectivity index (χ0) is 14.5. The number of likely N-dealkylation sites (tertiary alicyclic amines) is 1. The molecular weight excluding hydrogens is 240 g/mol. The predicted octanol–water partition coefficient (Wildman–Crippen LogP) is 1.77. The Labute approximate surface area is 117 Å². The van der Waals surface area contributed by atoms with Crippen LogP contribution in [0.15, 0.2) is 0 Å². The smallest absolute Gasteiger partial charge is 0.234 e. The lowest BCUT2D eigenvalue weighted by Crippen LogP contribution is -2.63. The van der Waals surface area contributed by atoms with Crippen molar-refractivity contribution in [3.63, 3.8) is 0 Å². The molecule has 0 saturated carbocycles. The van der Waals surface area contributed by atoms with Gasteiger partial charge < -0.3 is 10.4 Å². The van der Waals surface area contributed by atoms with E-state index in [0.29, 0.717) is 25.6 Å². The highest BCUT2D eigenvalue weighted by molar-refractivity contribution is 5.78. The third-order valence-corrected chi connectivity index (χ3v) is 3.70. The summed E-state index contributed by atoms with van der Waals surface area (Å²) in [5.41, 5.74) is -0.543. The van der Waals surface area contributed by atoms with Gasteiger partial charge in [-0.25, -0.2) is 0 Å². The minimum absolute atomic E-state index is 0.0785. The summed E-state index contributed by atoms with van der Waals surface area (Å²) in [4.78, 5) is 13.8. The van der Waals surface area contributed by atoms with Gasteiger partial charge in [0.2, 0.25) is 5.91 Å². The number of β-amino-alcohol motifs (C(OH)–C–C–N with tert-alkyl or cyclic N) is 1. The summed E-state index contributed by atoms with van der Waals surface area (Å²) in [5, 5.41) is 13.1. The van der Waals surface area contributed by atoms with Gasteiger partial charge in [-0.3, -0.25) is 9.69 Å². The Morgan fingerprint density at radius 2 is 1.95 bits per heavy atom.